The van der Waals surface area contributed by atoms with Crippen molar-refractivity contribution in [2.45, 2.75) is 36.0 Å². The molecule has 0 unspecified atom stereocenters. The highest BCUT2D eigenvalue weighted by Crippen LogP contribution is 2.45. The molecule has 40 heavy (non-hydrogen) atoms. The van der Waals surface area contributed by atoms with Crippen molar-refractivity contribution in [1.29, 1.82) is 0 Å². The number of benzene rings is 4. The number of hydrogen-bond acceptors (Lipinski definition) is 4. The average Bonchev–Trinajstić information content (AvgIpc) is 2.95. The quantitative estimate of drug-likeness (QED) is 0.117. The smallest absolute Gasteiger partial charge is 0.320 e. The van der Waals surface area contributed by atoms with Crippen LogP contribution in [-0.4, -0.2) is 40.1 Å². The van der Waals surface area contributed by atoms with Crippen molar-refractivity contribution < 1.29 is 12.8 Å². The van der Waals surface area contributed by atoms with Crippen LogP contribution in [0.15, 0.2) is 102 Å². The van der Waals surface area contributed by atoms with Crippen LogP contribution >= 0.6 is 15.9 Å². The second kappa shape index (κ2) is 10.7. The summed E-state index contributed by atoms with van der Waals surface area (Å²) in [5, 5.41) is 4.40. The first-order chi connectivity index (χ1) is 19.0. The van der Waals surface area contributed by atoms with E-state index in [1.165, 1.54) is 4.31 Å². The number of alkyl halides is 1. The number of nitrogens with zero attached hydrogens (tertiary/aromatic N) is 2. The molecule has 0 bridgehead atoms. The van der Waals surface area contributed by atoms with Crippen LogP contribution in [0.5, 0.6) is 5.75 Å². The van der Waals surface area contributed by atoms with E-state index < -0.39 is 18.3 Å². The topological polar surface area (TPSA) is 59.5 Å². The average molecular weight is 634 g/mol. The Labute approximate surface area is 246 Å². The molecule has 0 aliphatic rings. The minimum Gasteiger partial charge on any atom is -0.532 e. The van der Waals surface area contributed by atoms with Crippen LogP contribution in [0.25, 0.3) is 21.7 Å². The van der Waals surface area contributed by atoms with Gasteiger partial charge in [0.15, 0.2) is 0 Å². The molecule has 0 spiro atoms. The molecule has 0 saturated carbocycles. The van der Waals surface area contributed by atoms with Crippen molar-refractivity contribution in [3.8, 4) is 5.75 Å². The Morgan fingerprint density at radius 1 is 0.775 bits per heavy atom. The summed E-state index contributed by atoms with van der Waals surface area (Å²) in [4.78, 5) is 5.24. The van der Waals surface area contributed by atoms with E-state index in [4.69, 9.17) is 9.41 Å². The third-order valence-corrected chi connectivity index (χ3v) is 14.8. The van der Waals surface area contributed by atoms with Crippen molar-refractivity contribution >= 4 is 66.3 Å². The second-order valence-electron chi connectivity index (χ2n) is 11.1. The van der Waals surface area contributed by atoms with E-state index >= 15 is 0 Å². The zero-order chi connectivity index (χ0) is 28.7. The molecule has 0 saturated heterocycles. The van der Waals surface area contributed by atoms with Gasteiger partial charge in [0, 0.05) is 35.6 Å². The van der Waals surface area contributed by atoms with Crippen molar-refractivity contribution in [2.24, 2.45) is 0 Å². The van der Waals surface area contributed by atoms with Gasteiger partial charge in [0.1, 0.15) is 11.3 Å². The molecular formula is C32H33BrN2O3SSi. The first kappa shape index (κ1) is 28.5. The SMILES string of the molecule is CN(C)S(=O)(=O)c1c2ccccc2c(O[Si](c2ccccc2)(c2ccccc2)C(C)(C)C)c2nc(CBr)ccc12. The van der Waals surface area contributed by atoms with Gasteiger partial charge in [-0.2, -0.15) is 0 Å². The first-order valence-electron chi connectivity index (χ1n) is 13.2. The monoisotopic (exact) mass is 632 g/mol. The molecule has 8 heteroatoms. The van der Waals surface area contributed by atoms with Gasteiger partial charge in [0.05, 0.1) is 10.6 Å². The maximum Gasteiger partial charge on any atom is 0.320 e. The van der Waals surface area contributed by atoms with Crippen LogP contribution in [0.1, 0.15) is 26.5 Å². The summed E-state index contributed by atoms with van der Waals surface area (Å²) in [5.41, 5.74) is 1.34. The van der Waals surface area contributed by atoms with Crippen LogP contribution < -0.4 is 14.8 Å². The van der Waals surface area contributed by atoms with Crippen LogP contribution in [-0.2, 0) is 15.4 Å². The lowest BCUT2D eigenvalue weighted by Gasteiger charge is -2.43. The maximum atomic E-state index is 13.8. The van der Waals surface area contributed by atoms with Crippen molar-refractivity contribution in [3.05, 3.63) is 103 Å². The Morgan fingerprint density at radius 3 is 1.80 bits per heavy atom. The zero-order valence-electron chi connectivity index (χ0n) is 23.4. The van der Waals surface area contributed by atoms with Crippen LogP contribution in [0.3, 0.4) is 0 Å². The third kappa shape index (κ3) is 4.66. The third-order valence-electron chi connectivity index (χ3n) is 7.38. The summed E-state index contributed by atoms with van der Waals surface area (Å²) < 4.78 is 36.3. The molecule has 5 nitrogen and oxygen atoms in total. The fourth-order valence-corrected chi connectivity index (χ4v) is 11.5. The van der Waals surface area contributed by atoms with Crippen LogP contribution in [0.4, 0.5) is 0 Å². The van der Waals surface area contributed by atoms with Crippen molar-refractivity contribution in [3.63, 3.8) is 0 Å². The maximum absolute atomic E-state index is 13.8. The largest absolute Gasteiger partial charge is 0.532 e. The zero-order valence-corrected chi connectivity index (χ0v) is 26.8. The van der Waals surface area contributed by atoms with Gasteiger partial charge in [0.25, 0.3) is 0 Å². The molecule has 0 aliphatic carbocycles. The fraction of sp³-hybridized carbons (Fsp3) is 0.219. The number of halogens is 1. The number of fused-ring (bicyclic) bond motifs is 2. The van der Waals surface area contributed by atoms with Gasteiger partial charge in [0.2, 0.25) is 10.0 Å². The van der Waals surface area contributed by atoms with Gasteiger partial charge >= 0.3 is 8.32 Å². The second-order valence-corrected chi connectivity index (χ2v) is 18.0. The lowest BCUT2D eigenvalue weighted by Crippen LogP contribution is -2.68. The molecule has 0 atom stereocenters. The minimum atomic E-state index is -3.81. The molecule has 1 heterocycles. The molecule has 5 aromatic rings. The molecule has 0 amide bonds. The molecule has 0 radical (unpaired) electrons. The summed E-state index contributed by atoms with van der Waals surface area (Å²) in [5.74, 6) is 0.611. The van der Waals surface area contributed by atoms with E-state index in [1.807, 2.05) is 48.5 Å². The standard InChI is InChI=1S/C32H33BrN2O3SSi/c1-32(2,3)40(24-14-8-6-9-15-24,25-16-10-7-11-17-25)38-30-26-18-12-13-19-27(26)31(39(36,37)35(4)5)28-21-20-23(22-33)34-29(28)30/h6-21H,22H2,1-5H3. The van der Waals surface area contributed by atoms with E-state index in [9.17, 15) is 8.42 Å². The molecule has 0 aliphatic heterocycles. The molecule has 1 aromatic heterocycles. The molecular weight excluding hydrogens is 600 g/mol. The lowest BCUT2D eigenvalue weighted by atomic mass is 10.0. The normalized spacial score (nSPS) is 12.8. The summed E-state index contributed by atoms with van der Waals surface area (Å²) in [6, 6.07) is 32.2. The van der Waals surface area contributed by atoms with E-state index in [0.29, 0.717) is 27.4 Å². The van der Waals surface area contributed by atoms with Gasteiger partial charge in [-0.1, -0.05) is 122 Å². The Balaban J connectivity index is 1.97. The van der Waals surface area contributed by atoms with E-state index in [1.54, 1.807) is 14.1 Å². The van der Waals surface area contributed by atoms with Crippen molar-refractivity contribution in [2.75, 3.05) is 14.1 Å². The molecule has 4 aromatic carbocycles. The fourth-order valence-electron chi connectivity index (χ4n) is 5.45. The summed E-state index contributed by atoms with van der Waals surface area (Å²) in [6.45, 7) is 6.68. The van der Waals surface area contributed by atoms with Crippen molar-refractivity contribution in [1.82, 2.24) is 9.29 Å². The highest BCUT2D eigenvalue weighted by atomic mass is 79.9. The first-order valence-corrected chi connectivity index (χ1v) is 17.6. The Hall–Kier alpha value is -3.04. The Morgan fingerprint density at radius 2 is 1.30 bits per heavy atom. The number of aromatic nitrogens is 1. The van der Waals surface area contributed by atoms with Gasteiger partial charge in [-0.05, 0) is 27.5 Å². The highest BCUT2D eigenvalue weighted by molar-refractivity contribution is 9.08. The number of hydrogen-bond donors (Lipinski definition) is 0. The number of sulfonamides is 1. The van der Waals surface area contributed by atoms with E-state index in [-0.39, 0.29) is 9.93 Å². The summed E-state index contributed by atoms with van der Waals surface area (Å²) in [7, 11) is -3.74. The molecule has 0 fully saturated rings. The predicted octanol–water partition coefficient (Wildman–Crippen LogP) is 6.47. The molecule has 206 valence electrons. The van der Waals surface area contributed by atoms with Gasteiger partial charge in [-0.25, -0.2) is 17.7 Å². The summed E-state index contributed by atoms with van der Waals surface area (Å²) in [6.07, 6.45) is 0. The van der Waals surface area contributed by atoms with E-state index in [2.05, 4.69) is 85.2 Å². The number of rotatable bonds is 7. The molecule has 5 rings (SSSR count). The number of pyridine rings is 1. The van der Waals surface area contributed by atoms with Gasteiger partial charge in [-0.15, -0.1) is 0 Å². The minimum absolute atomic E-state index is 0.242. The van der Waals surface area contributed by atoms with Crippen LogP contribution in [0.2, 0.25) is 5.04 Å². The van der Waals surface area contributed by atoms with E-state index in [0.717, 1.165) is 21.5 Å². The summed E-state index contributed by atoms with van der Waals surface area (Å²) >= 11 is 3.54. The molecule has 0 N–H and O–H groups in total. The lowest BCUT2D eigenvalue weighted by molar-refractivity contribution is 0.515. The highest BCUT2D eigenvalue weighted by Gasteiger charge is 2.52. The van der Waals surface area contributed by atoms with Gasteiger partial charge in [-0.3, -0.25) is 0 Å². The Kier molecular flexibility index (Phi) is 7.65. The predicted molar refractivity (Wildman–Crippen MR) is 171 cm³/mol. The van der Waals surface area contributed by atoms with Crippen LogP contribution in [0, 0.1) is 0 Å². The van der Waals surface area contributed by atoms with Gasteiger partial charge < -0.3 is 4.43 Å². The Bertz CT molecular complexity index is 1750.